The van der Waals surface area contributed by atoms with Crippen molar-refractivity contribution in [1.82, 2.24) is 14.5 Å². The largest absolute Gasteiger partial charge is 0.310 e. The van der Waals surface area contributed by atoms with Crippen molar-refractivity contribution in [3.05, 3.63) is 23.6 Å². The molecule has 0 spiro atoms. The summed E-state index contributed by atoms with van der Waals surface area (Å²) in [7, 11) is 0. The number of pyridine rings is 1. The van der Waals surface area contributed by atoms with Gasteiger partial charge < -0.3 is 4.57 Å². The number of hydrogen-bond acceptors (Lipinski definition) is 2. The fraction of sp³-hybridized carbons (Fsp3) is 0.400. The van der Waals surface area contributed by atoms with Gasteiger partial charge in [0.05, 0.1) is 11.3 Å². The lowest BCUT2D eigenvalue weighted by Crippen LogP contribution is -2.20. The van der Waals surface area contributed by atoms with Gasteiger partial charge in [0.1, 0.15) is 5.52 Å². The third-order valence-electron chi connectivity index (χ3n) is 2.11. The van der Waals surface area contributed by atoms with E-state index in [0.717, 1.165) is 11.2 Å². The van der Waals surface area contributed by atoms with Gasteiger partial charge in [-0.1, -0.05) is 11.6 Å². The smallest absolute Gasteiger partial charge is 0.161 e. The summed E-state index contributed by atoms with van der Waals surface area (Å²) < 4.78 is 2.02. The fourth-order valence-electron chi connectivity index (χ4n) is 1.38. The monoisotopic (exact) mass is 209 g/mol. The zero-order chi connectivity index (χ0) is 10.3. The molecular formula is C10H12ClN3. The average Bonchev–Trinajstić information content (AvgIpc) is 2.47. The molecule has 2 aromatic heterocycles. The van der Waals surface area contributed by atoms with E-state index in [0.29, 0.717) is 5.02 Å². The van der Waals surface area contributed by atoms with Crippen LogP contribution in [-0.4, -0.2) is 14.5 Å². The first-order chi connectivity index (χ1) is 6.50. The zero-order valence-electron chi connectivity index (χ0n) is 8.45. The SMILES string of the molecule is CC(C)(C)n1cnc2c(Cl)ccnc21. The van der Waals surface area contributed by atoms with Crippen molar-refractivity contribution in [3.63, 3.8) is 0 Å². The van der Waals surface area contributed by atoms with E-state index in [2.05, 4.69) is 30.7 Å². The van der Waals surface area contributed by atoms with Crippen molar-refractivity contribution in [3.8, 4) is 0 Å². The maximum atomic E-state index is 6.00. The van der Waals surface area contributed by atoms with Gasteiger partial charge in [0, 0.05) is 11.7 Å². The molecular weight excluding hydrogens is 198 g/mol. The maximum Gasteiger partial charge on any atom is 0.161 e. The molecule has 2 heterocycles. The molecule has 2 aromatic rings. The summed E-state index contributed by atoms with van der Waals surface area (Å²) in [5, 5.41) is 0.651. The highest BCUT2D eigenvalue weighted by atomic mass is 35.5. The van der Waals surface area contributed by atoms with Gasteiger partial charge in [-0.3, -0.25) is 0 Å². The number of rotatable bonds is 0. The Morgan fingerprint density at radius 1 is 1.29 bits per heavy atom. The number of nitrogens with zero attached hydrogens (tertiary/aromatic N) is 3. The van der Waals surface area contributed by atoms with Gasteiger partial charge in [-0.25, -0.2) is 9.97 Å². The summed E-state index contributed by atoms with van der Waals surface area (Å²) in [5.74, 6) is 0. The molecule has 0 N–H and O–H groups in total. The maximum absolute atomic E-state index is 6.00. The second-order valence-electron chi connectivity index (χ2n) is 4.25. The van der Waals surface area contributed by atoms with Crippen LogP contribution in [0.15, 0.2) is 18.6 Å². The number of imidazole rings is 1. The van der Waals surface area contributed by atoms with Crippen LogP contribution in [0.1, 0.15) is 20.8 Å². The Hall–Kier alpha value is -1.09. The number of hydrogen-bond donors (Lipinski definition) is 0. The third-order valence-corrected chi connectivity index (χ3v) is 2.41. The first kappa shape index (κ1) is 9.46. The molecule has 0 aliphatic carbocycles. The minimum atomic E-state index is -0.0214. The second kappa shape index (κ2) is 2.95. The molecule has 74 valence electrons. The predicted octanol–water partition coefficient (Wildman–Crippen LogP) is 2.84. The first-order valence-corrected chi connectivity index (χ1v) is 4.86. The predicted molar refractivity (Wildman–Crippen MR) is 57.5 cm³/mol. The minimum absolute atomic E-state index is 0.0214. The highest BCUT2D eigenvalue weighted by Gasteiger charge is 2.17. The van der Waals surface area contributed by atoms with E-state index in [1.807, 2.05) is 4.57 Å². The lowest BCUT2D eigenvalue weighted by molar-refractivity contribution is 0.406. The van der Waals surface area contributed by atoms with Crippen LogP contribution < -0.4 is 0 Å². The van der Waals surface area contributed by atoms with E-state index < -0.39 is 0 Å². The zero-order valence-corrected chi connectivity index (χ0v) is 9.21. The van der Waals surface area contributed by atoms with Gasteiger partial charge in [0.2, 0.25) is 0 Å². The van der Waals surface area contributed by atoms with Crippen LogP contribution in [0.3, 0.4) is 0 Å². The van der Waals surface area contributed by atoms with E-state index in [9.17, 15) is 0 Å². The highest BCUT2D eigenvalue weighted by Crippen LogP contribution is 2.24. The molecule has 3 nitrogen and oxygen atoms in total. The van der Waals surface area contributed by atoms with Gasteiger partial charge in [-0.2, -0.15) is 0 Å². The summed E-state index contributed by atoms with van der Waals surface area (Å²) in [5.41, 5.74) is 1.58. The normalized spacial score (nSPS) is 12.3. The standard InChI is InChI=1S/C10H12ClN3/c1-10(2,3)14-6-13-8-7(11)4-5-12-9(8)14/h4-6H,1-3H3. The van der Waals surface area contributed by atoms with E-state index in [1.165, 1.54) is 0 Å². The lowest BCUT2D eigenvalue weighted by atomic mass is 10.1. The Labute approximate surface area is 87.7 Å². The van der Waals surface area contributed by atoms with Gasteiger partial charge in [0.25, 0.3) is 0 Å². The van der Waals surface area contributed by atoms with Gasteiger partial charge in [-0.05, 0) is 26.8 Å². The van der Waals surface area contributed by atoms with Crippen LogP contribution >= 0.6 is 11.6 Å². The molecule has 0 aliphatic rings. The molecule has 0 amide bonds. The van der Waals surface area contributed by atoms with Crippen molar-refractivity contribution < 1.29 is 0 Å². The fourth-order valence-corrected chi connectivity index (χ4v) is 1.57. The molecule has 0 atom stereocenters. The Morgan fingerprint density at radius 2 is 2.00 bits per heavy atom. The van der Waals surface area contributed by atoms with Crippen molar-refractivity contribution in [2.75, 3.05) is 0 Å². The third kappa shape index (κ3) is 1.38. The van der Waals surface area contributed by atoms with Crippen LogP contribution in [0.4, 0.5) is 0 Å². The van der Waals surface area contributed by atoms with Crippen LogP contribution in [0, 0.1) is 0 Å². The van der Waals surface area contributed by atoms with E-state index >= 15 is 0 Å². The van der Waals surface area contributed by atoms with Crippen LogP contribution in [0.25, 0.3) is 11.2 Å². The minimum Gasteiger partial charge on any atom is -0.310 e. The van der Waals surface area contributed by atoms with E-state index in [-0.39, 0.29) is 5.54 Å². The van der Waals surface area contributed by atoms with Crippen molar-refractivity contribution >= 4 is 22.8 Å². The van der Waals surface area contributed by atoms with E-state index in [4.69, 9.17) is 11.6 Å². The first-order valence-electron chi connectivity index (χ1n) is 4.48. The molecule has 0 saturated carbocycles. The molecule has 0 saturated heterocycles. The number of halogens is 1. The summed E-state index contributed by atoms with van der Waals surface area (Å²) in [6.07, 6.45) is 3.48. The average molecular weight is 210 g/mol. The number of aromatic nitrogens is 3. The molecule has 0 unspecified atom stereocenters. The summed E-state index contributed by atoms with van der Waals surface area (Å²) in [4.78, 5) is 8.54. The van der Waals surface area contributed by atoms with Crippen molar-refractivity contribution in [1.29, 1.82) is 0 Å². The highest BCUT2D eigenvalue weighted by molar-refractivity contribution is 6.34. The molecule has 14 heavy (non-hydrogen) atoms. The Kier molecular flexibility index (Phi) is 2.00. The van der Waals surface area contributed by atoms with Crippen LogP contribution in [-0.2, 0) is 5.54 Å². The van der Waals surface area contributed by atoms with E-state index in [1.54, 1.807) is 18.6 Å². The molecule has 0 aromatic carbocycles. The second-order valence-corrected chi connectivity index (χ2v) is 4.66. The Bertz CT molecular complexity index is 468. The van der Waals surface area contributed by atoms with Crippen molar-refractivity contribution in [2.24, 2.45) is 0 Å². The van der Waals surface area contributed by atoms with Gasteiger partial charge >= 0.3 is 0 Å². The van der Waals surface area contributed by atoms with Crippen LogP contribution in [0.2, 0.25) is 5.02 Å². The summed E-state index contributed by atoms with van der Waals surface area (Å²) in [6, 6.07) is 1.75. The quantitative estimate of drug-likeness (QED) is 0.668. The Balaban J connectivity index is 2.76. The van der Waals surface area contributed by atoms with Gasteiger partial charge in [-0.15, -0.1) is 0 Å². The molecule has 0 bridgehead atoms. The molecule has 2 rings (SSSR count). The molecule has 0 fully saturated rings. The van der Waals surface area contributed by atoms with Crippen LogP contribution in [0.5, 0.6) is 0 Å². The molecule has 0 radical (unpaired) electrons. The molecule has 0 aliphatic heterocycles. The lowest BCUT2D eigenvalue weighted by Gasteiger charge is -2.20. The summed E-state index contributed by atoms with van der Waals surface area (Å²) >= 11 is 6.00. The van der Waals surface area contributed by atoms with Gasteiger partial charge in [0.15, 0.2) is 5.65 Å². The summed E-state index contributed by atoms with van der Waals surface area (Å²) in [6.45, 7) is 6.32. The molecule has 4 heteroatoms. The Morgan fingerprint density at radius 3 is 2.64 bits per heavy atom. The number of fused-ring (bicyclic) bond motifs is 1. The van der Waals surface area contributed by atoms with Crippen molar-refractivity contribution in [2.45, 2.75) is 26.3 Å². The topological polar surface area (TPSA) is 30.7 Å².